The van der Waals surface area contributed by atoms with Crippen LogP contribution in [0.15, 0.2) is 59.4 Å². The van der Waals surface area contributed by atoms with E-state index in [-0.39, 0.29) is 23.1 Å². The Kier molecular flexibility index (Phi) is 5.04. The van der Waals surface area contributed by atoms with Gasteiger partial charge in [0.25, 0.3) is 11.5 Å². The topological polar surface area (TPSA) is 99.3 Å². The number of aromatic amines is 1. The van der Waals surface area contributed by atoms with Crippen LogP contribution < -0.4 is 10.9 Å². The maximum absolute atomic E-state index is 12.3. The van der Waals surface area contributed by atoms with Crippen LogP contribution in [0.25, 0.3) is 10.9 Å². The van der Waals surface area contributed by atoms with Crippen LogP contribution in [0.3, 0.4) is 0 Å². The average Bonchev–Trinajstić information content (AvgIpc) is 2.62. The lowest BCUT2D eigenvalue weighted by atomic mass is 10.0. The number of rotatable bonds is 5. The summed E-state index contributed by atoms with van der Waals surface area (Å²) < 4.78 is 0. The van der Waals surface area contributed by atoms with Crippen molar-refractivity contribution in [1.82, 2.24) is 10.3 Å². The molecule has 0 radical (unpaired) electrons. The first kappa shape index (κ1) is 17.7. The number of benzene rings is 2. The largest absolute Gasteiger partial charge is 0.480 e. The molecule has 1 atom stereocenters. The number of hydrogen-bond acceptors (Lipinski definition) is 3. The molecule has 132 valence electrons. The predicted octanol–water partition coefficient (Wildman–Crippen LogP) is 2.61. The van der Waals surface area contributed by atoms with E-state index in [4.69, 9.17) is 11.6 Å². The molecule has 0 aliphatic rings. The van der Waals surface area contributed by atoms with Crippen molar-refractivity contribution in [2.24, 2.45) is 0 Å². The van der Waals surface area contributed by atoms with E-state index in [0.717, 1.165) is 5.39 Å². The van der Waals surface area contributed by atoms with Crippen LogP contribution in [0, 0.1) is 0 Å². The number of carboxylic acid groups (broad SMARTS) is 1. The van der Waals surface area contributed by atoms with Crippen LogP contribution in [0.2, 0.25) is 5.02 Å². The Bertz CT molecular complexity index is 1030. The van der Waals surface area contributed by atoms with E-state index in [0.29, 0.717) is 10.5 Å². The van der Waals surface area contributed by atoms with Crippen molar-refractivity contribution in [3.63, 3.8) is 0 Å². The highest BCUT2D eigenvalue weighted by Crippen LogP contribution is 2.12. The number of pyridine rings is 1. The van der Waals surface area contributed by atoms with E-state index in [1.807, 2.05) is 12.1 Å². The van der Waals surface area contributed by atoms with E-state index in [2.05, 4.69) is 10.3 Å². The fourth-order valence-electron chi connectivity index (χ4n) is 2.61. The molecular weight excluding hydrogens is 356 g/mol. The molecule has 1 amide bonds. The molecule has 6 nitrogen and oxygen atoms in total. The molecule has 0 aliphatic heterocycles. The number of carbonyl (C=O) groups is 2. The zero-order valence-electron chi connectivity index (χ0n) is 13.5. The number of halogens is 1. The molecule has 0 fully saturated rings. The van der Waals surface area contributed by atoms with Gasteiger partial charge in [0.15, 0.2) is 0 Å². The highest BCUT2D eigenvalue weighted by Gasteiger charge is 2.22. The van der Waals surface area contributed by atoms with Crippen LogP contribution in [-0.2, 0) is 11.2 Å². The molecule has 26 heavy (non-hydrogen) atoms. The fraction of sp³-hybridized carbons (Fsp3) is 0.105. The molecule has 3 N–H and O–H groups in total. The highest BCUT2D eigenvalue weighted by molar-refractivity contribution is 6.30. The third kappa shape index (κ3) is 3.92. The van der Waals surface area contributed by atoms with Crippen molar-refractivity contribution in [3.05, 3.63) is 81.1 Å². The van der Waals surface area contributed by atoms with Crippen molar-refractivity contribution in [1.29, 1.82) is 0 Å². The monoisotopic (exact) mass is 370 g/mol. The zero-order chi connectivity index (χ0) is 18.7. The molecule has 1 unspecified atom stereocenters. The number of fused-ring (bicyclic) bond motifs is 1. The molecule has 3 rings (SSSR count). The average molecular weight is 371 g/mol. The Labute approximate surface area is 153 Å². The molecule has 3 aromatic rings. The van der Waals surface area contributed by atoms with Crippen molar-refractivity contribution < 1.29 is 14.7 Å². The Morgan fingerprint density at radius 2 is 1.81 bits per heavy atom. The van der Waals surface area contributed by atoms with Crippen LogP contribution >= 0.6 is 11.6 Å². The summed E-state index contributed by atoms with van der Waals surface area (Å²) in [4.78, 5) is 38.7. The van der Waals surface area contributed by atoms with Gasteiger partial charge in [0.05, 0.1) is 0 Å². The molecule has 0 aliphatic carbocycles. The minimum Gasteiger partial charge on any atom is -0.480 e. The first-order valence-corrected chi connectivity index (χ1v) is 8.22. The first-order chi connectivity index (χ1) is 12.4. The first-order valence-electron chi connectivity index (χ1n) is 7.84. The smallest absolute Gasteiger partial charge is 0.326 e. The SMILES string of the molecule is O=C(NC(Cc1cc2ccccc2[nH]c1=O)C(=O)O)c1ccc(Cl)cc1. The van der Waals surface area contributed by atoms with Crippen molar-refractivity contribution in [2.45, 2.75) is 12.5 Å². The van der Waals surface area contributed by atoms with Gasteiger partial charge in [0.2, 0.25) is 0 Å². The van der Waals surface area contributed by atoms with E-state index in [1.54, 1.807) is 30.3 Å². The van der Waals surface area contributed by atoms with E-state index < -0.39 is 17.9 Å². The maximum atomic E-state index is 12.3. The summed E-state index contributed by atoms with van der Waals surface area (Å²) in [5.41, 5.74) is 0.856. The molecular formula is C19H15ClN2O4. The normalized spacial score (nSPS) is 11.9. The second-order valence-electron chi connectivity index (χ2n) is 5.79. The maximum Gasteiger partial charge on any atom is 0.326 e. The lowest BCUT2D eigenvalue weighted by Crippen LogP contribution is -2.43. The van der Waals surface area contributed by atoms with E-state index >= 15 is 0 Å². The third-order valence-corrected chi connectivity index (χ3v) is 4.22. The summed E-state index contributed by atoms with van der Waals surface area (Å²) in [5.74, 6) is -1.77. The lowest BCUT2D eigenvalue weighted by molar-refractivity contribution is -0.139. The Balaban J connectivity index is 1.84. The van der Waals surface area contributed by atoms with Gasteiger partial charge >= 0.3 is 5.97 Å². The summed E-state index contributed by atoms with van der Waals surface area (Å²) in [6.45, 7) is 0. The number of para-hydroxylation sites is 1. The summed E-state index contributed by atoms with van der Waals surface area (Å²) in [6, 6.07) is 13.7. The van der Waals surface area contributed by atoms with Gasteiger partial charge in [-0.3, -0.25) is 9.59 Å². The number of hydrogen-bond donors (Lipinski definition) is 3. The standard InChI is InChI=1S/C19H15ClN2O4/c20-14-7-5-11(6-8-14)17(23)22-16(19(25)26)10-13-9-12-3-1-2-4-15(12)21-18(13)24/h1-9,16H,10H2,(H,21,24)(H,22,23)(H,25,26). The van der Waals surface area contributed by atoms with Crippen molar-refractivity contribution in [2.75, 3.05) is 0 Å². The summed E-state index contributed by atoms with van der Waals surface area (Å²) in [7, 11) is 0. The Morgan fingerprint density at radius 1 is 1.12 bits per heavy atom. The third-order valence-electron chi connectivity index (χ3n) is 3.96. The predicted molar refractivity (Wildman–Crippen MR) is 98.6 cm³/mol. The number of H-pyrrole nitrogens is 1. The quantitative estimate of drug-likeness (QED) is 0.642. The molecule has 0 saturated carbocycles. The van der Waals surface area contributed by atoms with Gasteiger partial charge in [0.1, 0.15) is 6.04 Å². The van der Waals surface area contributed by atoms with Gasteiger partial charge in [-0.05, 0) is 41.8 Å². The molecule has 1 heterocycles. The summed E-state index contributed by atoms with van der Waals surface area (Å²) in [6.07, 6.45) is -0.130. The Hall–Kier alpha value is -3.12. The van der Waals surface area contributed by atoms with E-state index in [9.17, 15) is 19.5 Å². The summed E-state index contributed by atoms with van der Waals surface area (Å²) >= 11 is 5.78. The molecule has 2 aromatic carbocycles. The zero-order valence-corrected chi connectivity index (χ0v) is 14.3. The minimum absolute atomic E-state index is 0.130. The minimum atomic E-state index is -1.24. The molecule has 0 spiro atoms. The highest BCUT2D eigenvalue weighted by atomic mass is 35.5. The number of carbonyl (C=O) groups excluding carboxylic acids is 1. The van der Waals surface area contributed by atoms with Crippen molar-refractivity contribution >= 4 is 34.4 Å². The lowest BCUT2D eigenvalue weighted by Gasteiger charge is -2.14. The number of aliphatic carboxylic acids is 1. The molecule has 0 saturated heterocycles. The van der Waals surface area contributed by atoms with Crippen LogP contribution in [0.5, 0.6) is 0 Å². The van der Waals surface area contributed by atoms with E-state index in [1.165, 1.54) is 12.1 Å². The Morgan fingerprint density at radius 3 is 2.50 bits per heavy atom. The molecule has 7 heteroatoms. The van der Waals surface area contributed by atoms with Crippen LogP contribution in [-0.4, -0.2) is 28.0 Å². The number of nitrogens with one attached hydrogen (secondary N) is 2. The van der Waals surface area contributed by atoms with Gasteiger partial charge in [-0.15, -0.1) is 0 Å². The van der Waals surface area contributed by atoms with Gasteiger partial charge in [0, 0.05) is 28.1 Å². The second kappa shape index (κ2) is 7.41. The molecule has 0 bridgehead atoms. The number of amides is 1. The van der Waals surface area contributed by atoms with Gasteiger partial charge in [-0.1, -0.05) is 29.8 Å². The summed E-state index contributed by atoms with van der Waals surface area (Å²) in [5, 5.41) is 13.1. The van der Waals surface area contributed by atoms with Crippen LogP contribution in [0.4, 0.5) is 0 Å². The van der Waals surface area contributed by atoms with Gasteiger partial charge in [-0.25, -0.2) is 4.79 Å². The van der Waals surface area contributed by atoms with Crippen LogP contribution in [0.1, 0.15) is 15.9 Å². The van der Waals surface area contributed by atoms with Gasteiger partial charge < -0.3 is 15.4 Å². The fourth-order valence-corrected chi connectivity index (χ4v) is 2.73. The van der Waals surface area contributed by atoms with Crippen molar-refractivity contribution in [3.8, 4) is 0 Å². The number of aromatic nitrogens is 1. The molecule has 1 aromatic heterocycles. The second-order valence-corrected chi connectivity index (χ2v) is 6.22. The van der Waals surface area contributed by atoms with Gasteiger partial charge in [-0.2, -0.15) is 0 Å². The number of carboxylic acids is 1.